The smallest absolute Gasteiger partial charge is 0.325 e. The molecule has 0 aliphatic heterocycles. The maximum absolute atomic E-state index is 12.2. The Kier molecular flexibility index (Phi) is 4.81. The lowest BCUT2D eigenvalue weighted by atomic mass is 10.3. The molecule has 0 aliphatic carbocycles. The summed E-state index contributed by atoms with van der Waals surface area (Å²) in [6.07, 6.45) is 0. The lowest BCUT2D eigenvalue weighted by molar-refractivity contribution is 0.262. The number of thiazole rings is 1. The number of hydrogen-bond donors (Lipinski definition) is 2. The van der Waals surface area contributed by atoms with Gasteiger partial charge in [0.2, 0.25) is 0 Å². The third-order valence-electron chi connectivity index (χ3n) is 3.25. The highest BCUT2D eigenvalue weighted by molar-refractivity contribution is 7.22. The molecule has 0 bridgehead atoms. The topological polar surface area (TPSA) is 72.5 Å². The van der Waals surface area contributed by atoms with Crippen LogP contribution in [0.2, 0.25) is 0 Å². The Balaban J connectivity index is 1.73. The van der Waals surface area contributed by atoms with E-state index in [4.69, 9.17) is 9.47 Å². The van der Waals surface area contributed by atoms with Gasteiger partial charge in [-0.3, -0.25) is 5.32 Å². The van der Waals surface area contributed by atoms with E-state index in [1.54, 1.807) is 13.2 Å². The predicted octanol–water partition coefficient (Wildman–Crippen LogP) is 4.35. The van der Waals surface area contributed by atoms with Crippen LogP contribution in [0.1, 0.15) is 6.92 Å². The fraction of sp³-hybridized carbons (Fsp3) is 0.176. The van der Waals surface area contributed by atoms with Crippen LogP contribution < -0.4 is 20.1 Å². The Morgan fingerprint density at radius 2 is 2.04 bits per heavy atom. The van der Waals surface area contributed by atoms with E-state index in [1.165, 1.54) is 11.3 Å². The van der Waals surface area contributed by atoms with Crippen molar-refractivity contribution in [2.24, 2.45) is 0 Å². The Morgan fingerprint density at radius 3 is 2.83 bits per heavy atom. The average molecular weight is 343 g/mol. The van der Waals surface area contributed by atoms with Crippen molar-refractivity contribution >= 4 is 38.4 Å². The van der Waals surface area contributed by atoms with Gasteiger partial charge in [-0.2, -0.15) is 0 Å². The standard InChI is InChI=1S/C17H17N3O3S/c1-3-23-14-7-5-4-6-12(14)18-16(21)20-17-19-13-9-8-11(22-2)10-15(13)24-17/h4-10H,3H2,1-2H3,(H2,18,19,20,21). The van der Waals surface area contributed by atoms with E-state index in [0.717, 1.165) is 16.0 Å². The molecular weight excluding hydrogens is 326 g/mol. The largest absolute Gasteiger partial charge is 0.497 e. The third-order valence-corrected chi connectivity index (χ3v) is 4.18. The van der Waals surface area contributed by atoms with Crippen LogP contribution in [0.3, 0.4) is 0 Å². The van der Waals surface area contributed by atoms with Crippen molar-refractivity contribution in [2.75, 3.05) is 24.4 Å². The molecule has 7 heteroatoms. The number of urea groups is 1. The molecule has 3 rings (SSSR count). The first-order valence-corrected chi connectivity index (χ1v) is 8.25. The first-order chi connectivity index (χ1) is 11.7. The number of nitrogens with zero attached hydrogens (tertiary/aromatic N) is 1. The molecule has 0 radical (unpaired) electrons. The van der Waals surface area contributed by atoms with Gasteiger partial charge in [0.1, 0.15) is 11.5 Å². The van der Waals surface area contributed by atoms with E-state index < -0.39 is 0 Å². The lowest BCUT2D eigenvalue weighted by Crippen LogP contribution is -2.19. The van der Waals surface area contributed by atoms with E-state index in [0.29, 0.717) is 23.2 Å². The van der Waals surface area contributed by atoms with E-state index in [2.05, 4.69) is 15.6 Å². The molecule has 6 nitrogen and oxygen atoms in total. The first kappa shape index (κ1) is 16.1. The molecule has 24 heavy (non-hydrogen) atoms. The summed E-state index contributed by atoms with van der Waals surface area (Å²) in [6.45, 7) is 2.42. The predicted molar refractivity (Wildman–Crippen MR) is 96.4 cm³/mol. The second-order valence-electron chi connectivity index (χ2n) is 4.86. The molecule has 0 saturated carbocycles. The minimum absolute atomic E-state index is 0.367. The van der Waals surface area contributed by atoms with Gasteiger partial charge in [0.15, 0.2) is 5.13 Å². The summed E-state index contributed by atoms with van der Waals surface area (Å²) in [5.74, 6) is 1.39. The molecular formula is C17H17N3O3S. The second kappa shape index (κ2) is 7.18. The van der Waals surface area contributed by atoms with Crippen molar-refractivity contribution in [3.63, 3.8) is 0 Å². The zero-order valence-corrected chi connectivity index (χ0v) is 14.1. The quantitative estimate of drug-likeness (QED) is 0.722. The maximum atomic E-state index is 12.2. The van der Waals surface area contributed by atoms with Crippen LogP contribution in [0, 0.1) is 0 Å². The van der Waals surface area contributed by atoms with Crippen molar-refractivity contribution in [3.05, 3.63) is 42.5 Å². The van der Waals surface area contributed by atoms with E-state index in [9.17, 15) is 4.79 Å². The number of aromatic nitrogens is 1. The van der Waals surface area contributed by atoms with Gasteiger partial charge >= 0.3 is 6.03 Å². The number of para-hydroxylation sites is 2. The molecule has 3 aromatic rings. The highest BCUT2D eigenvalue weighted by Crippen LogP contribution is 2.29. The van der Waals surface area contributed by atoms with Crippen LogP contribution in [-0.2, 0) is 0 Å². The average Bonchev–Trinajstić information content (AvgIpc) is 2.97. The van der Waals surface area contributed by atoms with Gasteiger partial charge in [-0.15, -0.1) is 0 Å². The zero-order chi connectivity index (χ0) is 16.9. The first-order valence-electron chi connectivity index (χ1n) is 7.44. The zero-order valence-electron chi connectivity index (χ0n) is 13.3. The summed E-state index contributed by atoms with van der Waals surface area (Å²) < 4.78 is 11.6. The monoisotopic (exact) mass is 343 g/mol. The molecule has 0 unspecified atom stereocenters. The van der Waals surface area contributed by atoms with Crippen LogP contribution >= 0.6 is 11.3 Å². The number of rotatable bonds is 5. The lowest BCUT2D eigenvalue weighted by Gasteiger charge is -2.11. The number of methoxy groups -OCH3 is 1. The van der Waals surface area contributed by atoms with Crippen molar-refractivity contribution in [1.82, 2.24) is 4.98 Å². The fourth-order valence-corrected chi connectivity index (χ4v) is 3.08. The molecule has 2 amide bonds. The molecule has 1 heterocycles. The van der Waals surface area contributed by atoms with Crippen molar-refractivity contribution < 1.29 is 14.3 Å². The molecule has 2 aromatic carbocycles. The van der Waals surface area contributed by atoms with Gasteiger partial charge in [-0.05, 0) is 37.3 Å². The normalized spacial score (nSPS) is 10.4. The van der Waals surface area contributed by atoms with E-state index >= 15 is 0 Å². The highest BCUT2D eigenvalue weighted by atomic mass is 32.1. The van der Waals surface area contributed by atoms with Crippen LogP contribution in [0.15, 0.2) is 42.5 Å². The Hall–Kier alpha value is -2.80. The van der Waals surface area contributed by atoms with Crippen molar-refractivity contribution in [3.8, 4) is 11.5 Å². The Morgan fingerprint density at radius 1 is 1.21 bits per heavy atom. The minimum Gasteiger partial charge on any atom is -0.497 e. The number of nitrogens with one attached hydrogen (secondary N) is 2. The number of carbonyl (C=O) groups is 1. The Labute approximate surface area is 143 Å². The number of hydrogen-bond acceptors (Lipinski definition) is 5. The molecule has 1 aromatic heterocycles. The highest BCUT2D eigenvalue weighted by Gasteiger charge is 2.11. The van der Waals surface area contributed by atoms with Gasteiger partial charge in [-0.1, -0.05) is 23.5 Å². The van der Waals surface area contributed by atoms with Crippen molar-refractivity contribution in [2.45, 2.75) is 6.92 Å². The van der Waals surface area contributed by atoms with Crippen LogP contribution in [-0.4, -0.2) is 24.7 Å². The van der Waals surface area contributed by atoms with Crippen molar-refractivity contribution in [1.29, 1.82) is 0 Å². The molecule has 0 fully saturated rings. The van der Waals surface area contributed by atoms with Gasteiger partial charge in [-0.25, -0.2) is 9.78 Å². The number of anilines is 2. The van der Waals surface area contributed by atoms with Gasteiger partial charge < -0.3 is 14.8 Å². The van der Waals surface area contributed by atoms with Gasteiger partial charge in [0, 0.05) is 0 Å². The molecule has 0 spiro atoms. The molecule has 2 N–H and O–H groups in total. The van der Waals surface area contributed by atoms with Crippen LogP contribution in [0.25, 0.3) is 10.2 Å². The number of benzene rings is 2. The number of carbonyl (C=O) groups excluding carboxylic acids is 1. The van der Waals surface area contributed by atoms with E-state index in [-0.39, 0.29) is 6.03 Å². The summed E-state index contributed by atoms with van der Waals surface area (Å²) in [7, 11) is 1.62. The van der Waals surface area contributed by atoms with Crippen LogP contribution in [0.5, 0.6) is 11.5 Å². The third kappa shape index (κ3) is 3.57. The second-order valence-corrected chi connectivity index (χ2v) is 5.89. The molecule has 0 atom stereocenters. The van der Waals surface area contributed by atoms with Crippen LogP contribution in [0.4, 0.5) is 15.6 Å². The van der Waals surface area contributed by atoms with Gasteiger partial charge in [0.05, 0.1) is 29.6 Å². The number of amides is 2. The summed E-state index contributed by atoms with van der Waals surface area (Å²) in [4.78, 5) is 16.6. The number of ether oxygens (including phenoxy) is 2. The van der Waals surface area contributed by atoms with E-state index in [1.807, 2.05) is 43.3 Å². The SMILES string of the molecule is CCOc1ccccc1NC(=O)Nc1nc2ccc(OC)cc2s1. The maximum Gasteiger partial charge on any atom is 0.325 e. The summed E-state index contributed by atoms with van der Waals surface area (Å²) >= 11 is 1.39. The molecule has 0 aliphatic rings. The summed E-state index contributed by atoms with van der Waals surface area (Å²) in [6, 6.07) is 12.5. The molecule has 124 valence electrons. The summed E-state index contributed by atoms with van der Waals surface area (Å²) in [5.41, 5.74) is 1.42. The number of fused-ring (bicyclic) bond motifs is 1. The Bertz CT molecular complexity index is 863. The minimum atomic E-state index is -0.367. The van der Waals surface area contributed by atoms with Gasteiger partial charge in [0.25, 0.3) is 0 Å². The summed E-state index contributed by atoms with van der Waals surface area (Å²) in [5, 5.41) is 6.04. The molecule has 0 saturated heterocycles. The fourth-order valence-electron chi connectivity index (χ4n) is 2.19.